The predicted molar refractivity (Wildman–Crippen MR) is 89.3 cm³/mol. The van der Waals surface area contributed by atoms with Crippen LogP contribution in [0.25, 0.3) is 0 Å². The molecule has 0 spiro atoms. The number of aryl methyl sites for hydroxylation is 1. The van der Waals surface area contributed by atoms with E-state index in [1.807, 2.05) is 0 Å². The number of nitrogens with zero attached hydrogens (tertiary/aromatic N) is 1. The maximum Gasteiger partial charge on any atom is 0.0534 e. The molecule has 0 aromatic heterocycles. The Morgan fingerprint density at radius 3 is 2.29 bits per heavy atom. The third-order valence-corrected chi connectivity index (χ3v) is 4.27. The van der Waals surface area contributed by atoms with Crippen LogP contribution in [0.3, 0.4) is 0 Å². The van der Waals surface area contributed by atoms with Crippen molar-refractivity contribution in [2.45, 2.75) is 25.3 Å². The summed E-state index contributed by atoms with van der Waals surface area (Å²) in [4.78, 5) is 2.44. The summed E-state index contributed by atoms with van der Waals surface area (Å²) in [5.41, 5.74) is 4.43. The maximum absolute atomic E-state index is 2.46. The maximum atomic E-state index is 2.46. The zero-order chi connectivity index (χ0) is 14.5. The van der Waals surface area contributed by atoms with E-state index in [2.05, 4.69) is 78.7 Å². The molecule has 2 aromatic carbocycles. The van der Waals surface area contributed by atoms with Gasteiger partial charge in [0.2, 0.25) is 0 Å². The van der Waals surface area contributed by atoms with E-state index in [1.165, 1.54) is 30.4 Å². The second kappa shape index (κ2) is 6.73. The van der Waals surface area contributed by atoms with E-state index in [9.17, 15) is 0 Å². The van der Waals surface area contributed by atoms with Gasteiger partial charge in [-0.15, -0.1) is 0 Å². The zero-order valence-corrected chi connectivity index (χ0v) is 12.7. The second-order valence-electron chi connectivity index (χ2n) is 5.93. The molecule has 0 fully saturated rings. The van der Waals surface area contributed by atoms with Crippen molar-refractivity contribution in [3.63, 3.8) is 0 Å². The molecule has 0 N–H and O–H groups in total. The van der Waals surface area contributed by atoms with Gasteiger partial charge in [0.05, 0.1) is 6.04 Å². The molecule has 0 amide bonds. The largest absolute Gasteiger partial charge is 0.292 e. The molecule has 0 radical (unpaired) electrons. The van der Waals surface area contributed by atoms with E-state index >= 15 is 0 Å². The lowest BCUT2D eigenvalue weighted by Gasteiger charge is -2.19. The Kier molecular flexibility index (Phi) is 4.52. The molecule has 2 aromatic rings. The molecule has 0 saturated heterocycles. The van der Waals surface area contributed by atoms with Crippen LogP contribution in [0.1, 0.15) is 30.0 Å². The molecule has 1 nitrogen and oxygen atoms in total. The number of hydrogen-bond donors (Lipinski definition) is 0. The van der Waals surface area contributed by atoms with Crippen LogP contribution >= 0.6 is 0 Å². The fourth-order valence-corrected chi connectivity index (χ4v) is 3.15. The highest BCUT2D eigenvalue weighted by molar-refractivity contribution is 5.29. The Labute approximate surface area is 127 Å². The first-order valence-corrected chi connectivity index (χ1v) is 7.81. The molecule has 0 aliphatic carbocycles. The molecule has 0 bridgehead atoms. The Balaban J connectivity index is 1.57. The van der Waals surface area contributed by atoms with Gasteiger partial charge in [-0.1, -0.05) is 72.3 Å². The first-order chi connectivity index (χ1) is 10.3. The summed E-state index contributed by atoms with van der Waals surface area (Å²) < 4.78 is 0. The van der Waals surface area contributed by atoms with Crippen molar-refractivity contribution in [1.82, 2.24) is 4.90 Å². The molecule has 0 saturated carbocycles. The summed E-state index contributed by atoms with van der Waals surface area (Å²) in [6.07, 6.45) is 6.09. The van der Waals surface area contributed by atoms with Crippen LogP contribution in [0.2, 0.25) is 0 Å². The third kappa shape index (κ3) is 3.62. The van der Waals surface area contributed by atoms with Crippen molar-refractivity contribution >= 4 is 0 Å². The van der Waals surface area contributed by atoms with E-state index < -0.39 is 0 Å². The van der Waals surface area contributed by atoms with Crippen molar-refractivity contribution < 1.29 is 0 Å². The first-order valence-electron chi connectivity index (χ1n) is 7.81. The zero-order valence-electron chi connectivity index (χ0n) is 12.7. The van der Waals surface area contributed by atoms with Gasteiger partial charge < -0.3 is 0 Å². The molecule has 1 atom stereocenters. The van der Waals surface area contributed by atoms with Gasteiger partial charge in [0.25, 0.3) is 0 Å². The number of rotatable bonds is 5. The Morgan fingerprint density at radius 2 is 1.57 bits per heavy atom. The molecular weight excluding hydrogens is 254 g/mol. The van der Waals surface area contributed by atoms with Gasteiger partial charge in [0.1, 0.15) is 0 Å². The van der Waals surface area contributed by atoms with Gasteiger partial charge >= 0.3 is 0 Å². The van der Waals surface area contributed by atoms with Crippen LogP contribution in [-0.2, 0) is 6.42 Å². The normalized spacial score (nSPS) is 18.7. The van der Waals surface area contributed by atoms with E-state index in [4.69, 9.17) is 0 Å². The van der Waals surface area contributed by atoms with E-state index in [1.54, 1.807) is 5.57 Å². The minimum atomic E-state index is 0.456. The first kappa shape index (κ1) is 14.1. The summed E-state index contributed by atoms with van der Waals surface area (Å²) in [6, 6.07) is 22.0. The molecule has 21 heavy (non-hydrogen) atoms. The van der Waals surface area contributed by atoms with Crippen LogP contribution in [0, 0.1) is 0 Å². The van der Waals surface area contributed by atoms with Gasteiger partial charge in [-0.25, -0.2) is 0 Å². The minimum Gasteiger partial charge on any atom is -0.292 e. The highest BCUT2D eigenvalue weighted by Gasteiger charge is 2.22. The molecule has 1 aliphatic rings. The highest BCUT2D eigenvalue weighted by atomic mass is 15.1. The van der Waals surface area contributed by atoms with Crippen LogP contribution < -0.4 is 0 Å². The Morgan fingerprint density at radius 1 is 0.905 bits per heavy atom. The Bertz CT molecular complexity index is 586. The predicted octanol–water partition coefficient (Wildman–Crippen LogP) is 4.62. The monoisotopic (exact) mass is 277 g/mol. The highest BCUT2D eigenvalue weighted by Crippen LogP contribution is 2.30. The smallest absolute Gasteiger partial charge is 0.0534 e. The van der Waals surface area contributed by atoms with Gasteiger partial charge in [0.15, 0.2) is 0 Å². The Hall–Kier alpha value is -1.86. The number of likely N-dealkylation sites (N-methyl/N-ethyl adjacent to an activating group) is 1. The second-order valence-corrected chi connectivity index (χ2v) is 5.93. The van der Waals surface area contributed by atoms with Gasteiger partial charge in [0, 0.05) is 6.54 Å². The summed E-state index contributed by atoms with van der Waals surface area (Å²) in [5.74, 6) is 0. The van der Waals surface area contributed by atoms with Crippen LogP contribution in [0.5, 0.6) is 0 Å². The topological polar surface area (TPSA) is 3.24 Å². The molecule has 3 rings (SSSR count). The summed E-state index contributed by atoms with van der Waals surface area (Å²) in [7, 11) is 2.22. The number of benzene rings is 2. The summed E-state index contributed by atoms with van der Waals surface area (Å²) in [6.45, 7) is 1.11. The average Bonchev–Trinajstić information content (AvgIpc) is 2.90. The summed E-state index contributed by atoms with van der Waals surface area (Å²) >= 11 is 0. The quantitative estimate of drug-likeness (QED) is 0.721. The van der Waals surface area contributed by atoms with E-state index in [0.29, 0.717) is 6.04 Å². The number of hydrogen-bond acceptors (Lipinski definition) is 1. The lowest BCUT2D eigenvalue weighted by molar-refractivity contribution is 0.335. The molecule has 1 aliphatic heterocycles. The van der Waals surface area contributed by atoms with E-state index in [-0.39, 0.29) is 0 Å². The van der Waals surface area contributed by atoms with Gasteiger partial charge in [-0.05, 0) is 37.4 Å². The van der Waals surface area contributed by atoms with Crippen molar-refractivity contribution in [1.29, 1.82) is 0 Å². The SMILES string of the molecule is CN1CC(CCCc2ccccc2)=C[C@@H]1c1ccccc1. The minimum absolute atomic E-state index is 0.456. The third-order valence-electron chi connectivity index (χ3n) is 4.27. The van der Waals surface area contributed by atoms with Crippen molar-refractivity contribution in [2.75, 3.05) is 13.6 Å². The molecular formula is C20H23N. The standard InChI is InChI=1S/C20H23N/c1-21-16-18(12-8-11-17-9-4-2-5-10-17)15-20(21)19-13-6-3-7-14-19/h2-7,9-10,13-15,20H,8,11-12,16H2,1H3/t20-/m1/s1. The van der Waals surface area contributed by atoms with Crippen molar-refractivity contribution in [3.8, 4) is 0 Å². The van der Waals surface area contributed by atoms with Gasteiger partial charge in [-0.3, -0.25) is 4.90 Å². The molecule has 1 heterocycles. The van der Waals surface area contributed by atoms with Crippen LogP contribution in [-0.4, -0.2) is 18.5 Å². The van der Waals surface area contributed by atoms with Crippen LogP contribution in [0.15, 0.2) is 72.3 Å². The van der Waals surface area contributed by atoms with Gasteiger partial charge in [-0.2, -0.15) is 0 Å². The van der Waals surface area contributed by atoms with Crippen molar-refractivity contribution in [3.05, 3.63) is 83.4 Å². The molecule has 0 unspecified atom stereocenters. The average molecular weight is 277 g/mol. The lowest BCUT2D eigenvalue weighted by Crippen LogP contribution is -2.19. The van der Waals surface area contributed by atoms with Crippen LogP contribution in [0.4, 0.5) is 0 Å². The molecule has 108 valence electrons. The fraction of sp³-hybridized carbons (Fsp3) is 0.300. The van der Waals surface area contributed by atoms with E-state index in [0.717, 1.165) is 6.54 Å². The molecule has 1 heteroatoms. The van der Waals surface area contributed by atoms with Crippen molar-refractivity contribution in [2.24, 2.45) is 0 Å². The fourth-order valence-electron chi connectivity index (χ4n) is 3.15. The summed E-state index contributed by atoms with van der Waals surface area (Å²) in [5, 5.41) is 0. The lowest BCUT2D eigenvalue weighted by atomic mass is 10.0.